The summed E-state index contributed by atoms with van der Waals surface area (Å²) in [6.45, 7) is 5.75. The summed E-state index contributed by atoms with van der Waals surface area (Å²) < 4.78 is 5.85. The van der Waals surface area contributed by atoms with Crippen molar-refractivity contribution in [2.75, 3.05) is 6.54 Å². The van der Waals surface area contributed by atoms with Crippen molar-refractivity contribution in [3.8, 4) is 5.75 Å². The van der Waals surface area contributed by atoms with Crippen molar-refractivity contribution in [2.24, 2.45) is 0 Å². The summed E-state index contributed by atoms with van der Waals surface area (Å²) in [5, 5.41) is 6.13. The number of thiophene rings is 1. The van der Waals surface area contributed by atoms with E-state index in [4.69, 9.17) is 16.3 Å². The second kappa shape index (κ2) is 6.94. The van der Waals surface area contributed by atoms with Gasteiger partial charge < -0.3 is 10.1 Å². The predicted octanol–water partition coefficient (Wildman–Crippen LogP) is 4.27. The largest absolute Gasteiger partial charge is 0.488 e. The van der Waals surface area contributed by atoms with E-state index in [2.05, 4.69) is 22.8 Å². The second-order valence-electron chi connectivity index (χ2n) is 4.57. The van der Waals surface area contributed by atoms with Gasteiger partial charge in [-0.25, -0.2) is 0 Å². The summed E-state index contributed by atoms with van der Waals surface area (Å²) in [4.78, 5) is 1.33. The van der Waals surface area contributed by atoms with Gasteiger partial charge in [0.15, 0.2) is 0 Å². The molecule has 19 heavy (non-hydrogen) atoms. The first-order valence-electron chi connectivity index (χ1n) is 6.31. The van der Waals surface area contributed by atoms with Crippen LogP contribution in [0.1, 0.15) is 17.4 Å². The number of halogens is 1. The van der Waals surface area contributed by atoms with Crippen LogP contribution in [0.25, 0.3) is 0 Å². The third kappa shape index (κ3) is 4.53. The van der Waals surface area contributed by atoms with Gasteiger partial charge in [0.25, 0.3) is 0 Å². The number of benzene rings is 1. The fraction of sp³-hybridized carbons (Fsp3) is 0.333. The highest BCUT2D eigenvalue weighted by Crippen LogP contribution is 2.26. The van der Waals surface area contributed by atoms with Gasteiger partial charge in [-0.2, -0.15) is 0 Å². The number of ether oxygens (including phenoxy) is 1. The molecule has 0 aliphatic carbocycles. The van der Waals surface area contributed by atoms with E-state index in [0.717, 1.165) is 24.4 Å². The average Bonchev–Trinajstić information content (AvgIpc) is 2.87. The molecule has 1 aromatic carbocycles. The Morgan fingerprint density at radius 1 is 1.37 bits per heavy atom. The van der Waals surface area contributed by atoms with Crippen molar-refractivity contribution in [1.82, 2.24) is 5.32 Å². The molecule has 0 saturated heterocycles. The fourth-order valence-corrected chi connectivity index (χ4v) is 2.61. The second-order valence-corrected chi connectivity index (χ2v) is 6.01. The van der Waals surface area contributed by atoms with Crippen LogP contribution in [0.3, 0.4) is 0 Å². The molecular formula is C15H18ClNOS. The van der Waals surface area contributed by atoms with Crippen molar-refractivity contribution in [1.29, 1.82) is 0 Å². The SMILES string of the molecule is Cc1ccc(Cl)c(OC(C)CNCc2cccs2)c1. The topological polar surface area (TPSA) is 21.3 Å². The minimum atomic E-state index is 0.0827. The van der Waals surface area contributed by atoms with Gasteiger partial charge in [0.1, 0.15) is 11.9 Å². The van der Waals surface area contributed by atoms with Crippen LogP contribution in [-0.4, -0.2) is 12.6 Å². The van der Waals surface area contributed by atoms with Gasteiger partial charge in [0.2, 0.25) is 0 Å². The van der Waals surface area contributed by atoms with Crippen LogP contribution >= 0.6 is 22.9 Å². The van der Waals surface area contributed by atoms with E-state index >= 15 is 0 Å². The zero-order valence-electron chi connectivity index (χ0n) is 11.2. The van der Waals surface area contributed by atoms with Crippen molar-refractivity contribution in [3.05, 3.63) is 51.2 Å². The molecule has 0 aliphatic heterocycles. The van der Waals surface area contributed by atoms with E-state index in [-0.39, 0.29) is 6.10 Å². The molecule has 0 amide bonds. The first kappa shape index (κ1) is 14.4. The normalized spacial score (nSPS) is 12.4. The Morgan fingerprint density at radius 3 is 2.95 bits per heavy atom. The zero-order chi connectivity index (χ0) is 13.7. The lowest BCUT2D eigenvalue weighted by Gasteiger charge is -2.16. The number of hydrogen-bond donors (Lipinski definition) is 1. The van der Waals surface area contributed by atoms with Crippen molar-refractivity contribution < 1.29 is 4.74 Å². The Bertz CT molecular complexity index is 513. The van der Waals surface area contributed by atoms with E-state index < -0.39 is 0 Å². The van der Waals surface area contributed by atoms with E-state index in [1.807, 2.05) is 32.0 Å². The quantitative estimate of drug-likeness (QED) is 0.859. The summed E-state index contributed by atoms with van der Waals surface area (Å²) in [5.74, 6) is 0.757. The molecule has 4 heteroatoms. The van der Waals surface area contributed by atoms with E-state index in [9.17, 15) is 0 Å². The molecule has 2 nitrogen and oxygen atoms in total. The number of aryl methyl sites for hydroxylation is 1. The third-order valence-electron chi connectivity index (χ3n) is 2.73. The summed E-state index contributed by atoms with van der Waals surface area (Å²) in [6.07, 6.45) is 0.0827. The van der Waals surface area contributed by atoms with Gasteiger partial charge in [-0.3, -0.25) is 0 Å². The highest BCUT2D eigenvalue weighted by Gasteiger charge is 2.07. The van der Waals surface area contributed by atoms with Crippen LogP contribution in [0, 0.1) is 6.92 Å². The lowest BCUT2D eigenvalue weighted by atomic mass is 10.2. The monoisotopic (exact) mass is 295 g/mol. The molecule has 0 aliphatic rings. The van der Waals surface area contributed by atoms with Crippen LogP contribution in [0.4, 0.5) is 0 Å². The number of hydrogen-bond acceptors (Lipinski definition) is 3. The molecule has 0 saturated carbocycles. The highest BCUT2D eigenvalue weighted by atomic mass is 35.5. The highest BCUT2D eigenvalue weighted by molar-refractivity contribution is 7.09. The molecule has 102 valence electrons. The molecule has 0 fully saturated rings. The van der Waals surface area contributed by atoms with Gasteiger partial charge in [0.05, 0.1) is 5.02 Å². The van der Waals surface area contributed by atoms with E-state index in [1.165, 1.54) is 4.88 Å². The van der Waals surface area contributed by atoms with Crippen LogP contribution in [0.5, 0.6) is 5.75 Å². The number of nitrogens with one attached hydrogen (secondary N) is 1. The Hall–Kier alpha value is -1.03. The molecular weight excluding hydrogens is 278 g/mol. The Morgan fingerprint density at radius 2 is 2.21 bits per heavy atom. The van der Waals surface area contributed by atoms with Gasteiger partial charge >= 0.3 is 0 Å². The van der Waals surface area contributed by atoms with Crippen LogP contribution in [-0.2, 0) is 6.54 Å². The van der Waals surface area contributed by atoms with Gasteiger partial charge in [-0.1, -0.05) is 23.7 Å². The lowest BCUT2D eigenvalue weighted by Crippen LogP contribution is -2.28. The number of rotatable bonds is 6. The summed E-state index contributed by atoms with van der Waals surface area (Å²) >= 11 is 7.87. The Labute approximate surface area is 123 Å². The maximum Gasteiger partial charge on any atom is 0.138 e. The van der Waals surface area contributed by atoms with Gasteiger partial charge in [-0.05, 0) is 43.0 Å². The molecule has 1 heterocycles. The average molecular weight is 296 g/mol. The maximum atomic E-state index is 6.11. The molecule has 0 radical (unpaired) electrons. The predicted molar refractivity (Wildman–Crippen MR) is 82.3 cm³/mol. The van der Waals surface area contributed by atoms with Crippen molar-refractivity contribution in [2.45, 2.75) is 26.5 Å². The van der Waals surface area contributed by atoms with E-state index in [0.29, 0.717) is 5.02 Å². The van der Waals surface area contributed by atoms with E-state index in [1.54, 1.807) is 11.3 Å². The molecule has 2 rings (SSSR count). The first-order chi connectivity index (χ1) is 9.15. The summed E-state index contributed by atoms with van der Waals surface area (Å²) in [6, 6.07) is 10.0. The minimum Gasteiger partial charge on any atom is -0.488 e. The summed E-state index contributed by atoms with van der Waals surface area (Å²) in [7, 11) is 0. The molecule has 0 bridgehead atoms. The smallest absolute Gasteiger partial charge is 0.138 e. The van der Waals surface area contributed by atoms with Gasteiger partial charge in [0, 0.05) is 18.0 Å². The zero-order valence-corrected chi connectivity index (χ0v) is 12.7. The molecule has 1 unspecified atom stereocenters. The third-order valence-corrected chi connectivity index (χ3v) is 3.91. The maximum absolute atomic E-state index is 6.11. The van der Waals surface area contributed by atoms with Crippen molar-refractivity contribution in [3.63, 3.8) is 0 Å². The lowest BCUT2D eigenvalue weighted by molar-refractivity contribution is 0.217. The van der Waals surface area contributed by atoms with Crippen LogP contribution < -0.4 is 10.1 Å². The van der Waals surface area contributed by atoms with Crippen LogP contribution in [0.15, 0.2) is 35.7 Å². The van der Waals surface area contributed by atoms with Gasteiger partial charge in [-0.15, -0.1) is 11.3 Å². The molecule has 0 spiro atoms. The molecule has 2 aromatic rings. The molecule has 1 aromatic heterocycles. The van der Waals surface area contributed by atoms with Crippen molar-refractivity contribution >= 4 is 22.9 Å². The van der Waals surface area contributed by atoms with Crippen LogP contribution in [0.2, 0.25) is 5.02 Å². The molecule has 1 N–H and O–H groups in total. The Balaban J connectivity index is 1.80. The molecule has 1 atom stereocenters. The first-order valence-corrected chi connectivity index (χ1v) is 7.57. The minimum absolute atomic E-state index is 0.0827. The fourth-order valence-electron chi connectivity index (χ4n) is 1.77. The standard InChI is InChI=1S/C15H18ClNOS/c1-11-5-6-14(16)15(8-11)18-12(2)9-17-10-13-4-3-7-19-13/h3-8,12,17H,9-10H2,1-2H3. The Kier molecular flexibility index (Phi) is 5.25. The summed E-state index contributed by atoms with van der Waals surface area (Å²) in [5.41, 5.74) is 1.15.